The van der Waals surface area contributed by atoms with Gasteiger partial charge in [-0.2, -0.15) is 5.10 Å². The molecular weight excluding hydrogens is 268 g/mol. The summed E-state index contributed by atoms with van der Waals surface area (Å²) in [5.41, 5.74) is 3.30. The van der Waals surface area contributed by atoms with Crippen molar-refractivity contribution in [1.29, 1.82) is 0 Å². The molecule has 1 amide bonds. The van der Waals surface area contributed by atoms with Crippen LogP contribution in [0.25, 0.3) is 0 Å². The van der Waals surface area contributed by atoms with Gasteiger partial charge < -0.3 is 10.6 Å². The Labute approximate surface area is 123 Å². The number of hydrogen-bond acceptors (Lipinski definition) is 5. The molecule has 0 aliphatic carbocycles. The van der Waals surface area contributed by atoms with Crippen molar-refractivity contribution in [3.63, 3.8) is 0 Å². The maximum atomic E-state index is 12.1. The van der Waals surface area contributed by atoms with Gasteiger partial charge in [0, 0.05) is 31.4 Å². The van der Waals surface area contributed by atoms with Crippen molar-refractivity contribution < 1.29 is 4.79 Å². The molecule has 2 heterocycles. The third kappa shape index (κ3) is 3.36. The number of amides is 1. The number of anilines is 1. The van der Waals surface area contributed by atoms with Crippen molar-refractivity contribution in [2.75, 3.05) is 11.9 Å². The first-order valence-corrected chi connectivity index (χ1v) is 6.86. The van der Waals surface area contributed by atoms with Gasteiger partial charge in [-0.25, -0.2) is 9.97 Å². The number of aryl methyl sites for hydroxylation is 2. The van der Waals surface area contributed by atoms with Crippen molar-refractivity contribution in [3.8, 4) is 0 Å². The highest BCUT2D eigenvalue weighted by molar-refractivity contribution is 5.91. The van der Waals surface area contributed by atoms with Crippen molar-refractivity contribution in [1.82, 2.24) is 25.1 Å². The lowest BCUT2D eigenvalue weighted by molar-refractivity contribution is 0.0945. The largest absolute Gasteiger partial charge is 0.369 e. The Morgan fingerprint density at radius 2 is 2.05 bits per heavy atom. The van der Waals surface area contributed by atoms with Crippen LogP contribution < -0.4 is 10.6 Å². The minimum Gasteiger partial charge on any atom is -0.369 e. The maximum Gasteiger partial charge on any atom is 0.271 e. The van der Waals surface area contributed by atoms with E-state index in [0.717, 1.165) is 23.5 Å². The fourth-order valence-electron chi connectivity index (χ4n) is 2.05. The van der Waals surface area contributed by atoms with E-state index in [4.69, 9.17) is 0 Å². The third-order valence-corrected chi connectivity index (χ3v) is 3.33. The average molecular weight is 288 g/mol. The van der Waals surface area contributed by atoms with Crippen LogP contribution in [0, 0.1) is 13.8 Å². The van der Waals surface area contributed by atoms with E-state index in [1.807, 2.05) is 32.5 Å². The van der Waals surface area contributed by atoms with Gasteiger partial charge in [0.15, 0.2) is 0 Å². The molecule has 0 spiro atoms. The second-order valence-electron chi connectivity index (χ2n) is 4.77. The molecule has 21 heavy (non-hydrogen) atoms. The summed E-state index contributed by atoms with van der Waals surface area (Å²) in [6.07, 6.45) is 3.02. The molecule has 2 aromatic rings. The fourth-order valence-corrected chi connectivity index (χ4v) is 2.05. The highest BCUT2D eigenvalue weighted by Crippen LogP contribution is 2.11. The van der Waals surface area contributed by atoms with E-state index >= 15 is 0 Å². The van der Waals surface area contributed by atoms with Crippen LogP contribution in [0.3, 0.4) is 0 Å². The predicted molar refractivity (Wildman–Crippen MR) is 80.0 cm³/mol. The van der Waals surface area contributed by atoms with Gasteiger partial charge in [-0.15, -0.1) is 0 Å². The van der Waals surface area contributed by atoms with Gasteiger partial charge in [0.1, 0.15) is 11.5 Å². The highest BCUT2D eigenvalue weighted by Gasteiger charge is 2.12. The summed E-state index contributed by atoms with van der Waals surface area (Å²) in [5, 5.41) is 10.2. The summed E-state index contributed by atoms with van der Waals surface area (Å²) in [4.78, 5) is 20.3. The van der Waals surface area contributed by atoms with Crippen molar-refractivity contribution in [2.45, 2.75) is 27.3 Å². The molecule has 7 heteroatoms. The molecule has 0 radical (unpaired) electrons. The smallest absolute Gasteiger partial charge is 0.271 e. The maximum absolute atomic E-state index is 12.1. The lowest BCUT2D eigenvalue weighted by atomic mass is 10.2. The zero-order valence-electron chi connectivity index (χ0n) is 12.8. The van der Waals surface area contributed by atoms with E-state index < -0.39 is 0 Å². The van der Waals surface area contributed by atoms with Crippen LogP contribution in [-0.4, -0.2) is 32.2 Å². The summed E-state index contributed by atoms with van der Waals surface area (Å²) >= 11 is 0. The number of aromatic nitrogens is 4. The van der Waals surface area contributed by atoms with Crippen LogP contribution in [0.4, 0.5) is 5.82 Å². The van der Waals surface area contributed by atoms with Crippen LogP contribution in [0.2, 0.25) is 0 Å². The molecule has 0 saturated carbocycles. The van der Waals surface area contributed by atoms with E-state index in [9.17, 15) is 4.79 Å². The van der Waals surface area contributed by atoms with Gasteiger partial charge in [0.05, 0.1) is 18.1 Å². The van der Waals surface area contributed by atoms with Crippen LogP contribution >= 0.6 is 0 Å². The first-order chi connectivity index (χ1) is 10.0. The number of rotatable bonds is 5. The molecule has 0 unspecified atom stereocenters. The first-order valence-electron chi connectivity index (χ1n) is 6.86. The summed E-state index contributed by atoms with van der Waals surface area (Å²) < 4.78 is 1.81. The monoisotopic (exact) mass is 288 g/mol. The first kappa shape index (κ1) is 15.0. The minimum atomic E-state index is -0.242. The second kappa shape index (κ2) is 6.34. The number of carbonyl (C=O) groups is 1. The standard InChI is InChI=1S/C14H20N6O/c1-5-15-13-8-16-12(7-17-13)14(21)18-6-11-9(2)19-20(4)10(11)3/h7-8H,5-6H2,1-4H3,(H,15,17)(H,18,21). The van der Waals surface area contributed by atoms with Crippen LogP contribution in [0.5, 0.6) is 0 Å². The van der Waals surface area contributed by atoms with E-state index in [1.165, 1.54) is 6.20 Å². The predicted octanol–water partition coefficient (Wildman–Crippen LogP) is 1.19. The van der Waals surface area contributed by atoms with E-state index in [0.29, 0.717) is 18.1 Å². The third-order valence-electron chi connectivity index (χ3n) is 3.33. The molecule has 2 rings (SSSR count). The van der Waals surface area contributed by atoms with E-state index in [-0.39, 0.29) is 5.91 Å². The van der Waals surface area contributed by atoms with Gasteiger partial charge in [0.25, 0.3) is 5.91 Å². The van der Waals surface area contributed by atoms with Crippen LogP contribution in [0.15, 0.2) is 12.4 Å². The SMILES string of the molecule is CCNc1cnc(C(=O)NCc2c(C)nn(C)c2C)cn1. The Hall–Kier alpha value is -2.44. The lowest BCUT2D eigenvalue weighted by Crippen LogP contribution is -2.24. The number of nitrogens with one attached hydrogen (secondary N) is 2. The molecule has 0 atom stereocenters. The fraction of sp³-hybridized carbons (Fsp3) is 0.429. The molecule has 0 saturated heterocycles. The Morgan fingerprint density at radius 3 is 2.57 bits per heavy atom. The van der Waals surface area contributed by atoms with Gasteiger partial charge in [-0.05, 0) is 20.8 Å². The highest BCUT2D eigenvalue weighted by atomic mass is 16.1. The zero-order chi connectivity index (χ0) is 15.4. The van der Waals surface area contributed by atoms with E-state index in [2.05, 4.69) is 25.7 Å². The normalized spacial score (nSPS) is 10.5. The molecule has 2 aromatic heterocycles. The molecule has 0 bridgehead atoms. The lowest BCUT2D eigenvalue weighted by Gasteiger charge is -2.06. The summed E-state index contributed by atoms with van der Waals surface area (Å²) in [6, 6.07) is 0. The Balaban J connectivity index is 2.01. The van der Waals surface area contributed by atoms with Gasteiger partial charge in [0.2, 0.25) is 0 Å². The summed E-state index contributed by atoms with van der Waals surface area (Å²) in [7, 11) is 1.89. The Morgan fingerprint density at radius 1 is 1.29 bits per heavy atom. The van der Waals surface area contributed by atoms with E-state index in [1.54, 1.807) is 6.20 Å². The van der Waals surface area contributed by atoms with Crippen LogP contribution in [0.1, 0.15) is 34.4 Å². The second-order valence-corrected chi connectivity index (χ2v) is 4.77. The molecule has 0 fully saturated rings. The van der Waals surface area contributed by atoms with Crippen molar-refractivity contribution in [3.05, 3.63) is 35.0 Å². The van der Waals surface area contributed by atoms with Crippen molar-refractivity contribution >= 4 is 11.7 Å². The van der Waals surface area contributed by atoms with Crippen LogP contribution in [-0.2, 0) is 13.6 Å². The number of nitrogens with zero attached hydrogens (tertiary/aromatic N) is 4. The average Bonchev–Trinajstić information content (AvgIpc) is 2.71. The molecule has 0 aliphatic heterocycles. The Bertz CT molecular complexity index is 632. The zero-order valence-corrected chi connectivity index (χ0v) is 12.8. The quantitative estimate of drug-likeness (QED) is 0.863. The molecule has 0 aromatic carbocycles. The minimum absolute atomic E-state index is 0.242. The Kier molecular flexibility index (Phi) is 4.52. The van der Waals surface area contributed by atoms with Gasteiger partial charge in [-0.3, -0.25) is 9.48 Å². The molecule has 7 nitrogen and oxygen atoms in total. The molecule has 0 aliphatic rings. The molecular formula is C14H20N6O. The number of hydrogen-bond donors (Lipinski definition) is 2. The van der Waals surface area contributed by atoms with Gasteiger partial charge >= 0.3 is 0 Å². The van der Waals surface area contributed by atoms with Gasteiger partial charge in [-0.1, -0.05) is 0 Å². The summed E-state index contributed by atoms with van der Waals surface area (Å²) in [6.45, 7) is 7.08. The summed E-state index contributed by atoms with van der Waals surface area (Å²) in [5.74, 6) is 0.418. The molecule has 2 N–H and O–H groups in total. The van der Waals surface area contributed by atoms with Crippen molar-refractivity contribution in [2.24, 2.45) is 7.05 Å². The molecule has 112 valence electrons. The topological polar surface area (TPSA) is 84.7 Å². The number of carbonyl (C=O) groups excluding carboxylic acids is 1.